The number of hydrogen-bond donors (Lipinski definition) is 2. The average Bonchev–Trinajstić information content (AvgIpc) is 2.71. The Morgan fingerprint density at radius 1 is 1.27 bits per heavy atom. The van der Waals surface area contributed by atoms with Gasteiger partial charge in [-0.2, -0.15) is 0 Å². The number of benzene rings is 2. The number of carbonyl (C=O) groups is 1. The number of anilines is 1. The molecule has 0 atom stereocenters. The van der Waals surface area contributed by atoms with Crippen LogP contribution in [0.2, 0.25) is 0 Å². The molecule has 0 aliphatic rings. The molecule has 1 amide bonds. The molecule has 0 aliphatic carbocycles. The number of ether oxygens (including phenoxy) is 1. The maximum absolute atomic E-state index is 12.4. The van der Waals surface area contributed by atoms with Crippen molar-refractivity contribution < 1.29 is 27.8 Å². The quantitative estimate of drug-likeness (QED) is 0.620. The van der Waals surface area contributed by atoms with Gasteiger partial charge in [0.25, 0.3) is 0 Å². The zero-order valence-corrected chi connectivity index (χ0v) is 16.7. The monoisotopic (exact) mass is 420 g/mol. The molecule has 0 aromatic heterocycles. The van der Waals surface area contributed by atoms with Crippen LogP contribution in [-0.4, -0.2) is 24.4 Å². The topological polar surface area (TPSA) is 61.8 Å². The summed E-state index contributed by atoms with van der Waals surface area (Å²) in [5, 5.41) is 12.7. The Kier molecular flexibility index (Phi) is 7.28. The molecule has 2 N–H and O–H groups in total. The highest BCUT2D eigenvalue weighted by molar-refractivity contribution is 5.87. The molecule has 0 saturated heterocycles. The van der Waals surface area contributed by atoms with Crippen LogP contribution in [0.3, 0.4) is 0 Å². The van der Waals surface area contributed by atoms with Crippen molar-refractivity contribution in [3.8, 4) is 16.9 Å². The second-order valence-corrected chi connectivity index (χ2v) is 6.48. The van der Waals surface area contributed by atoms with E-state index in [1.165, 1.54) is 24.3 Å². The van der Waals surface area contributed by atoms with Gasteiger partial charge >= 0.3 is 6.36 Å². The van der Waals surface area contributed by atoms with Crippen molar-refractivity contribution in [3.05, 3.63) is 72.5 Å². The molecule has 5 nitrogen and oxygen atoms in total. The Bertz CT molecular complexity index is 938. The second kappa shape index (κ2) is 9.49. The van der Waals surface area contributed by atoms with Gasteiger partial charge in [-0.05, 0) is 59.7 Å². The lowest BCUT2D eigenvalue weighted by molar-refractivity contribution is -0.274. The minimum Gasteiger partial charge on any atom is -0.406 e. The molecular formula is C22H23F3N2O3. The largest absolute Gasteiger partial charge is 0.573 e. The molecule has 30 heavy (non-hydrogen) atoms. The first-order valence-electron chi connectivity index (χ1n) is 8.99. The third-order valence-electron chi connectivity index (χ3n) is 4.57. The molecule has 0 unspecified atom stereocenters. The highest BCUT2D eigenvalue weighted by atomic mass is 19.4. The van der Waals surface area contributed by atoms with Crippen LogP contribution in [0.5, 0.6) is 5.75 Å². The fourth-order valence-corrected chi connectivity index (χ4v) is 3.17. The number of nitrogens with zero attached hydrogens (tertiary/aromatic N) is 1. The third-order valence-corrected chi connectivity index (χ3v) is 4.57. The van der Waals surface area contributed by atoms with E-state index in [0.717, 1.165) is 17.2 Å². The maximum Gasteiger partial charge on any atom is 0.573 e. The van der Waals surface area contributed by atoms with Gasteiger partial charge in [-0.3, -0.25) is 4.79 Å². The summed E-state index contributed by atoms with van der Waals surface area (Å²) in [6, 6.07) is 7.30. The molecular weight excluding hydrogens is 397 g/mol. The number of aliphatic hydroxyl groups is 1. The van der Waals surface area contributed by atoms with Crippen LogP contribution in [0.4, 0.5) is 18.9 Å². The van der Waals surface area contributed by atoms with E-state index in [-0.39, 0.29) is 24.8 Å². The molecule has 0 fully saturated rings. The molecule has 2 rings (SSSR count). The van der Waals surface area contributed by atoms with E-state index < -0.39 is 6.36 Å². The van der Waals surface area contributed by atoms with Crippen molar-refractivity contribution in [2.24, 2.45) is 0 Å². The fraction of sp³-hybridized carbons (Fsp3) is 0.227. The van der Waals surface area contributed by atoms with E-state index in [9.17, 15) is 23.1 Å². The normalized spacial score (nSPS) is 11.0. The minimum absolute atomic E-state index is 0.140. The van der Waals surface area contributed by atoms with Gasteiger partial charge in [0, 0.05) is 24.8 Å². The van der Waals surface area contributed by atoms with Crippen LogP contribution in [0.1, 0.15) is 16.7 Å². The second-order valence-electron chi connectivity index (χ2n) is 6.48. The lowest BCUT2D eigenvalue weighted by Gasteiger charge is -2.25. The lowest BCUT2D eigenvalue weighted by Crippen LogP contribution is -2.22. The van der Waals surface area contributed by atoms with Gasteiger partial charge < -0.3 is 20.1 Å². The summed E-state index contributed by atoms with van der Waals surface area (Å²) >= 11 is 0. The number of amides is 1. The predicted molar refractivity (Wildman–Crippen MR) is 110 cm³/mol. The average molecular weight is 420 g/mol. The van der Waals surface area contributed by atoms with Gasteiger partial charge in [0.1, 0.15) is 5.75 Å². The van der Waals surface area contributed by atoms with Gasteiger partial charge in [0.05, 0.1) is 6.61 Å². The number of halogens is 3. The van der Waals surface area contributed by atoms with Crippen molar-refractivity contribution >= 4 is 11.6 Å². The van der Waals surface area contributed by atoms with Crippen molar-refractivity contribution in [2.75, 3.05) is 11.9 Å². The first-order valence-corrected chi connectivity index (χ1v) is 8.99. The van der Waals surface area contributed by atoms with E-state index >= 15 is 0 Å². The van der Waals surface area contributed by atoms with Gasteiger partial charge in [-0.25, -0.2) is 0 Å². The lowest BCUT2D eigenvalue weighted by atomic mass is 9.91. The molecule has 2 aromatic carbocycles. The van der Waals surface area contributed by atoms with Crippen LogP contribution in [-0.2, 0) is 17.9 Å². The van der Waals surface area contributed by atoms with Gasteiger partial charge in [-0.15, -0.1) is 13.2 Å². The van der Waals surface area contributed by atoms with Crippen LogP contribution >= 0.6 is 0 Å². The van der Waals surface area contributed by atoms with Gasteiger partial charge in [0.15, 0.2) is 0 Å². The SMILES string of the molecule is C=CC(=O)NCc1cc(-c2ccc(OC(F)(F)F)cc2)c(C)c(N(C)C=C)c1CO. The Balaban J connectivity index is 2.59. The molecule has 0 heterocycles. The molecule has 0 aliphatic heterocycles. The number of aliphatic hydroxyl groups excluding tert-OH is 1. The summed E-state index contributed by atoms with van der Waals surface area (Å²) in [6.45, 7) is 8.88. The van der Waals surface area contributed by atoms with Crippen LogP contribution in [0, 0.1) is 6.92 Å². The number of rotatable bonds is 8. The summed E-state index contributed by atoms with van der Waals surface area (Å²) < 4.78 is 41.2. The Hall–Kier alpha value is -3.26. The third kappa shape index (κ3) is 5.42. The zero-order valence-electron chi connectivity index (χ0n) is 16.7. The summed E-state index contributed by atoms with van der Waals surface area (Å²) in [5.74, 6) is -0.689. The standard InChI is InChI=1S/C22H23F3N2O3/c1-5-20(29)26-12-16-11-18(14(3)21(19(16)13-28)27(4)6-2)15-7-9-17(10-8-15)30-22(23,24)25/h5-11,28H,1-2,12-13H2,3-4H3,(H,26,29). The van der Waals surface area contributed by atoms with E-state index in [4.69, 9.17) is 0 Å². The van der Waals surface area contributed by atoms with E-state index in [1.54, 1.807) is 24.2 Å². The minimum atomic E-state index is -4.77. The van der Waals surface area contributed by atoms with Crippen molar-refractivity contribution in [1.29, 1.82) is 0 Å². The van der Waals surface area contributed by atoms with Gasteiger partial charge in [-0.1, -0.05) is 25.3 Å². The fourth-order valence-electron chi connectivity index (χ4n) is 3.17. The number of hydrogen-bond acceptors (Lipinski definition) is 4. The number of nitrogens with one attached hydrogen (secondary N) is 1. The first-order chi connectivity index (χ1) is 14.1. The highest BCUT2D eigenvalue weighted by Crippen LogP contribution is 2.37. The van der Waals surface area contributed by atoms with Crippen molar-refractivity contribution in [3.63, 3.8) is 0 Å². The predicted octanol–water partition coefficient (Wildman–Crippen LogP) is 4.43. The molecule has 0 spiro atoms. The summed E-state index contributed by atoms with van der Waals surface area (Å²) in [4.78, 5) is 13.3. The first kappa shape index (κ1) is 23.0. The van der Waals surface area contributed by atoms with Crippen LogP contribution in [0.15, 0.2) is 55.8 Å². The maximum atomic E-state index is 12.4. The van der Waals surface area contributed by atoms with Crippen molar-refractivity contribution in [1.82, 2.24) is 5.32 Å². The summed E-state index contributed by atoms with van der Waals surface area (Å²) in [5.41, 5.74) is 4.15. The van der Waals surface area contributed by atoms with Crippen LogP contribution in [0.25, 0.3) is 11.1 Å². The van der Waals surface area contributed by atoms with E-state index in [1.807, 2.05) is 6.92 Å². The Morgan fingerprint density at radius 2 is 1.90 bits per heavy atom. The molecule has 0 saturated carbocycles. The molecule has 2 aromatic rings. The Morgan fingerprint density at radius 3 is 2.40 bits per heavy atom. The van der Waals surface area contributed by atoms with Gasteiger partial charge in [0.2, 0.25) is 5.91 Å². The smallest absolute Gasteiger partial charge is 0.406 e. The van der Waals surface area contributed by atoms with Crippen molar-refractivity contribution in [2.45, 2.75) is 26.4 Å². The van der Waals surface area contributed by atoms with Crippen LogP contribution < -0.4 is 15.0 Å². The molecule has 0 bridgehead atoms. The number of carbonyl (C=O) groups excluding carboxylic acids is 1. The van der Waals surface area contributed by atoms with E-state index in [2.05, 4.69) is 23.2 Å². The zero-order chi connectivity index (χ0) is 22.5. The summed E-state index contributed by atoms with van der Waals surface area (Å²) in [7, 11) is 1.77. The Labute approximate surface area is 173 Å². The molecule has 0 radical (unpaired) electrons. The molecule has 8 heteroatoms. The molecule has 160 valence electrons. The van der Waals surface area contributed by atoms with E-state index in [0.29, 0.717) is 22.4 Å². The summed E-state index contributed by atoms with van der Waals surface area (Å²) in [6.07, 6.45) is -2.04. The number of alkyl halides is 3. The highest BCUT2D eigenvalue weighted by Gasteiger charge is 2.31.